The van der Waals surface area contributed by atoms with Crippen LogP contribution >= 0.6 is 0 Å². The molecule has 0 aliphatic carbocycles. The molecule has 2 atom stereocenters. The molecule has 1 N–H and O–H groups in total. The molecule has 1 amide bonds. The minimum Gasteiger partial charge on any atom is -0.497 e. The molecule has 1 fully saturated rings. The SMILES string of the molecule is COc1cc(CN2C[C@@H](C(=O)NCCc3ccccc3OC)CC[C@@H]2c2ccccc2)cc(OC)c1. The number of carbonyl (C=O) groups is 1. The molecule has 3 aromatic carbocycles. The lowest BCUT2D eigenvalue weighted by atomic mass is 9.88. The van der Waals surface area contributed by atoms with E-state index in [0.29, 0.717) is 19.6 Å². The first-order valence-corrected chi connectivity index (χ1v) is 12.5. The number of nitrogens with zero attached hydrogens (tertiary/aromatic N) is 1. The lowest BCUT2D eigenvalue weighted by Gasteiger charge is -2.39. The Morgan fingerprint density at radius 2 is 1.58 bits per heavy atom. The first-order valence-electron chi connectivity index (χ1n) is 12.5. The van der Waals surface area contributed by atoms with E-state index in [0.717, 1.165) is 47.6 Å². The number of likely N-dealkylation sites (tertiary alicyclic amines) is 1. The predicted molar refractivity (Wildman–Crippen MR) is 142 cm³/mol. The van der Waals surface area contributed by atoms with Crippen molar-refractivity contribution >= 4 is 5.91 Å². The summed E-state index contributed by atoms with van der Waals surface area (Å²) in [7, 11) is 5.00. The van der Waals surface area contributed by atoms with E-state index < -0.39 is 0 Å². The van der Waals surface area contributed by atoms with Gasteiger partial charge >= 0.3 is 0 Å². The van der Waals surface area contributed by atoms with E-state index in [1.165, 1.54) is 5.56 Å². The van der Waals surface area contributed by atoms with Gasteiger partial charge in [0.05, 0.1) is 27.2 Å². The molecule has 0 unspecified atom stereocenters. The molecule has 4 rings (SSSR count). The molecular weight excluding hydrogens is 452 g/mol. The van der Waals surface area contributed by atoms with Crippen LogP contribution in [-0.2, 0) is 17.8 Å². The Labute approximate surface area is 214 Å². The van der Waals surface area contributed by atoms with Crippen molar-refractivity contribution in [3.05, 3.63) is 89.5 Å². The van der Waals surface area contributed by atoms with E-state index >= 15 is 0 Å². The highest BCUT2D eigenvalue weighted by Crippen LogP contribution is 2.35. The van der Waals surface area contributed by atoms with E-state index in [1.54, 1.807) is 21.3 Å². The Kier molecular flexibility index (Phi) is 8.85. The molecule has 0 aromatic heterocycles. The summed E-state index contributed by atoms with van der Waals surface area (Å²) in [6, 6.07) is 24.7. The average Bonchev–Trinajstić information content (AvgIpc) is 2.93. The molecule has 6 heteroatoms. The summed E-state index contributed by atoms with van der Waals surface area (Å²) in [4.78, 5) is 15.6. The van der Waals surface area contributed by atoms with Gasteiger partial charge < -0.3 is 19.5 Å². The van der Waals surface area contributed by atoms with Crippen LogP contribution < -0.4 is 19.5 Å². The Hall–Kier alpha value is -3.51. The third kappa shape index (κ3) is 6.38. The molecule has 3 aromatic rings. The van der Waals surface area contributed by atoms with Gasteiger partial charge in [-0.05, 0) is 54.2 Å². The summed E-state index contributed by atoms with van der Waals surface area (Å²) in [5.74, 6) is 2.45. The normalized spacial score (nSPS) is 17.9. The van der Waals surface area contributed by atoms with Crippen LogP contribution in [0.4, 0.5) is 0 Å². The molecule has 6 nitrogen and oxygen atoms in total. The van der Waals surface area contributed by atoms with Gasteiger partial charge in [-0.25, -0.2) is 0 Å². The number of carbonyl (C=O) groups excluding carboxylic acids is 1. The van der Waals surface area contributed by atoms with Gasteiger partial charge in [0.25, 0.3) is 0 Å². The van der Waals surface area contributed by atoms with Crippen molar-refractivity contribution in [1.29, 1.82) is 0 Å². The highest BCUT2D eigenvalue weighted by atomic mass is 16.5. The van der Waals surface area contributed by atoms with Crippen molar-refractivity contribution < 1.29 is 19.0 Å². The predicted octanol–water partition coefficient (Wildman–Crippen LogP) is 5.02. The maximum atomic E-state index is 13.2. The quantitative estimate of drug-likeness (QED) is 0.434. The number of hydrogen-bond acceptors (Lipinski definition) is 5. The monoisotopic (exact) mass is 488 g/mol. The van der Waals surface area contributed by atoms with E-state index in [1.807, 2.05) is 48.5 Å². The van der Waals surface area contributed by atoms with Crippen LogP contribution in [-0.4, -0.2) is 45.2 Å². The molecule has 190 valence electrons. The van der Waals surface area contributed by atoms with Crippen LogP contribution in [0.2, 0.25) is 0 Å². The number of piperidine rings is 1. The number of ether oxygens (including phenoxy) is 3. The number of amides is 1. The Morgan fingerprint density at radius 3 is 2.28 bits per heavy atom. The summed E-state index contributed by atoms with van der Waals surface area (Å²) in [5.41, 5.74) is 3.48. The number of para-hydroxylation sites is 1. The zero-order valence-corrected chi connectivity index (χ0v) is 21.4. The van der Waals surface area contributed by atoms with Crippen molar-refractivity contribution in [3.63, 3.8) is 0 Å². The number of benzene rings is 3. The highest BCUT2D eigenvalue weighted by Gasteiger charge is 2.33. The molecule has 0 radical (unpaired) electrons. The first kappa shape index (κ1) is 25.6. The van der Waals surface area contributed by atoms with Crippen LogP contribution in [0, 0.1) is 5.92 Å². The van der Waals surface area contributed by atoms with Gasteiger partial charge in [0.2, 0.25) is 5.91 Å². The minimum absolute atomic E-state index is 0.0601. The summed E-state index contributed by atoms with van der Waals surface area (Å²) >= 11 is 0. The fourth-order valence-corrected chi connectivity index (χ4v) is 5.05. The van der Waals surface area contributed by atoms with E-state index in [9.17, 15) is 4.79 Å². The van der Waals surface area contributed by atoms with Crippen molar-refractivity contribution in [2.75, 3.05) is 34.4 Å². The molecular formula is C30H36N2O4. The minimum atomic E-state index is -0.0601. The van der Waals surface area contributed by atoms with Crippen LogP contribution in [0.5, 0.6) is 17.2 Å². The zero-order valence-electron chi connectivity index (χ0n) is 21.4. The maximum absolute atomic E-state index is 13.2. The molecule has 1 aliphatic rings. The van der Waals surface area contributed by atoms with E-state index in [4.69, 9.17) is 14.2 Å². The molecule has 1 aliphatic heterocycles. The Morgan fingerprint density at radius 1 is 0.889 bits per heavy atom. The second-order valence-corrected chi connectivity index (χ2v) is 9.20. The Bertz CT molecular complexity index is 1110. The topological polar surface area (TPSA) is 60.0 Å². The largest absolute Gasteiger partial charge is 0.497 e. The number of rotatable bonds is 10. The van der Waals surface area contributed by atoms with Crippen LogP contribution in [0.15, 0.2) is 72.8 Å². The summed E-state index contributed by atoms with van der Waals surface area (Å²) < 4.78 is 16.4. The third-order valence-electron chi connectivity index (χ3n) is 6.92. The Balaban J connectivity index is 1.46. The zero-order chi connectivity index (χ0) is 25.3. The van der Waals surface area contributed by atoms with Gasteiger partial charge in [-0.3, -0.25) is 9.69 Å². The van der Waals surface area contributed by atoms with Gasteiger partial charge in [-0.2, -0.15) is 0 Å². The second kappa shape index (κ2) is 12.5. The van der Waals surface area contributed by atoms with Crippen LogP contribution in [0.1, 0.15) is 35.6 Å². The summed E-state index contributed by atoms with van der Waals surface area (Å²) in [5, 5.41) is 3.17. The van der Waals surface area contributed by atoms with Gasteiger partial charge in [-0.15, -0.1) is 0 Å². The van der Waals surface area contributed by atoms with Gasteiger partial charge in [0.1, 0.15) is 17.2 Å². The molecule has 0 bridgehead atoms. The molecule has 36 heavy (non-hydrogen) atoms. The molecule has 0 saturated carbocycles. The molecule has 1 heterocycles. The van der Waals surface area contributed by atoms with Crippen molar-refractivity contribution in [1.82, 2.24) is 10.2 Å². The third-order valence-corrected chi connectivity index (χ3v) is 6.92. The molecule has 0 spiro atoms. The van der Waals surface area contributed by atoms with Crippen molar-refractivity contribution in [2.24, 2.45) is 5.92 Å². The van der Waals surface area contributed by atoms with Crippen LogP contribution in [0.25, 0.3) is 0 Å². The van der Waals surface area contributed by atoms with Gasteiger partial charge in [0.15, 0.2) is 0 Å². The van der Waals surface area contributed by atoms with Gasteiger partial charge in [0, 0.05) is 31.7 Å². The summed E-state index contributed by atoms with van der Waals surface area (Å²) in [6.45, 7) is 1.99. The van der Waals surface area contributed by atoms with E-state index in [-0.39, 0.29) is 17.9 Å². The molecule has 1 saturated heterocycles. The van der Waals surface area contributed by atoms with Crippen LogP contribution in [0.3, 0.4) is 0 Å². The standard InChI is InChI=1S/C30H36N2O4/c1-34-26-17-22(18-27(19-26)35-2)20-32-21-25(13-14-28(32)23-9-5-4-6-10-23)30(33)31-16-15-24-11-7-8-12-29(24)36-3/h4-12,17-19,25,28H,13-16,20-21H2,1-3H3,(H,31,33)/t25-,28+/m0/s1. The lowest BCUT2D eigenvalue weighted by molar-refractivity contribution is -0.127. The summed E-state index contributed by atoms with van der Waals surface area (Å²) in [6.07, 6.45) is 2.52. The van der Waals surface area contributed by atoms with Gasteiger partial charge in [-0.1, -0.05) is 48.5 Å². The number of hydrogen-bond donors (Lipinski definition) is 1. The smallest absolute Gasteiger partial charge is 0.224 e. The average molecular weight is 489 g/mol. The van der Waals surface area contributed by atoms with E-state index in [2.05, 4.69) is 34.5 Å². The van der Waals surface area contributed by atoms with Crippen molar-refractivity contribution in [3.8, 4) is 17.2 Å². The highest BCUT2D eigenvalue weighted by molar-refractivity contribution is 5.79. The number of methoxy groups -OCH3 is 3. The number of nitrogens with one attached hydrogen (secondary N) is 1. The fraction of sp³-hybridized carbons (Fsp3) is 0.367. The second-order valence-electron chi connectivity index (χ2n) is 9.20. The fourth-order valence-electron chi connectivity index (χ4n) is 5.05. The first-order chi connectivity index (χ1) is 17.6. The van der Waals surface area contributed by atoms with Crippen molar-refractivity contribution in [2.45, 2.75) is 31.8 Å². The lowest BCUT2D eigenvalue weighted by Crippen LogP contribution is -2.44. The maximum Gasteiger partial charge on any atom is 0.224 e.